The summed E-state index contributed by atoms with van der Waals surface area (Å²) in [5.41, 5.74) is 2.86. The van der Waals surface area contributed by atoms with Crippen LogP contribution in [0.4, 0.5) is 0 Å². The molecule has 0 radical (unpaired) electrons. The summed E-state index contributed by atoms with van der Waals surface area (Å²) in [5, 5.41) is 5.75. The Bertz CT molecular complexity index is 931. The lowest BCUT2D eigenvalue weighted by molar-refractivity contribution is -0.908. The number of hydrogen-bond donors (Lipinski definition) is 2. The number of carbonyl (C=O) groups excluding carboxylic acids is 1. The number of ether oxygens (including phenoxy) is 1. The maximum absolute atomic E-state index is 12.3. The van der Waals surface area contributed by atoms with Gasteiger partial charge in [0.25, 0.3) is 0 Å². The van der Waals surface area contributed by atoms with Crippen LogP contribution < -0.4 is 10.2 Å². The zero-order valence-corrected chi connectivity index (χ0v) is 17.2. The summed E-state index contributed by atoms with van der Waals surface area (Å²) in [5.74, 6) is 0.0541. The van der Waals surface area contributed by atoms with Gasteiger partial charge < -0.3 is 15.0 Å². The van der Waals surface area contributed by atoms with Crippen molar-refractivity contribution in [1.29, 1.82) is 0 Å². The number of thiazole rings is 1. The second-order valence-electron chi connectivity index (χ2n) is 7.01. The highest BCUT2D eigenvalue weighted by Crippen LogP contribution is 2.25. The SMILES string of the molecule is O=C(Cc1csc2nc(-c3ccc(Cl)cc3)cn12)NCCC[NH+]1CCOCC1. The van der Waals surface area contributed by atoms with Crippen LogP contribution in [0.1, 0.15) is 12.1 Å². The first-order valence-electron chi connectivity index (χ1n) is 9.58. The molecule has 4 rings (SSSR count). The number of benzene rings is 1. The van der Waals surface area contributed by atoms with E-state index in [0.717, 1.165) is 67.7 Å². The number of carbonyl (C=O) groups is 1. The number of nitrogens with zero attached hydrogens (tertiary/aromatic N) is 2. The molecule has 28 heavy (non-hydrogen) atoms. The molecule has 0 saturated carbocycles. The van der Waals surface area contributed by atoms with Crippen LogP contribution in [0.5, 0.6) is 0 Å². The third-order valence-electron chi connectivity index (χ3n) is 4.99. The van der Waals surface area contributed by atoms with Crippen molar-refractivity contribution in [2.45, 2.75) is 12.8 Å². The van der Waals surface area contributed by atoms with Crippen molar-refractivity contribution in [2.24, 2.45) is 0 Å². The van der Waals surface area contributed by atoms with Gasteiger partial charge >= 0.3 is 0 Å². The molecule has 0 atom stereocenters. The highest BCUT2D eigenvalue weighted by Gasteiger charge is 2.14. The summed E-state index contributed by atoms with van der Waals surface area (Å²) in [6, 6.07) is 7.63. The van der Waals surface area contributed by atoms with Gasteiger partial charge in [0, 0.05) is 40.8 Å². The Balaban J connectivity index is 1.31. The van der Waals surface area contributed by atoms with Crippen molar-refractivity contribution in [2.75, 3.05) is 39.4 Å². The number of quaternary nitrogens is 1. The minimum atomic E-state index is 0.0541. The zero-order valence-electron chi connectivity index (χ0n) is 15.6. The maximum atomic E-state index is 12.3. The second kappa shape index (κ2) is 9.05. The minimum absolute atomic E-state index is 0.0541. The summed E-state index contributed by atoms with van der Waals surface area (Å²) in [6.07, 6.45) is 3.34. The number of imidazole rings is 1. The highest BCUT2D eigenvalue weighted by molar-refractivity contribution is 7.15. The van der Waals surface area contributed by atoms with E-state index >= 15 is 0 Å². The number of aromatic nitrogens is 2. The number of fused-ring (bicyclic) bond motifs is 1. The molecule has 6 nitrogen and oxygen atoms in total. The Kier molecular flexibility index (Phi) is 6.26. The van der Waals surface area contributed by atoms with E-state index in [-0.39, 0.29) is 5.91 Å². The molecular formula is C20H24ClN4O2S+. The van der Waals surface area contributed by atoms with E-state index in [1.807, 2.05) is 40.2 Å². The van der Waals surface area contributed by atoms with Gasteiger partial charge in [-0.2, -0.15) is 0 Å². The highest BCUT2D eigenvalue weighted by atomic mass is 35.5. The summed E-state index contributed by atoms with van der Waals surface area (Å²) in [7, 11) is 0. The first-order valence-corrected chi connectivity index (χ1v) is 10.8. The Labute approximate surface area is 173 Å². The lowest BCUT2D eigenvalue weighted by atomic mass is 10.2. The molecule has 2 aromatic heterocycles. The van der Waals surface area contributed by atoms with Gasteiger partial charge in [-0.1, -0.05) is 23.7 Å². The predicted molar refractivity (Wildman–Crippen MR) is 111 cm³/mol. The monoisotopic (exact) mass is 419 g/mol. The molecule has 1 saturated heterocycles. The fraction of sp³-hybridized carbons (Fsp3) is 0.400. The average Bonchev–Trinajstić information content (AvgIpc) is 3.29. The van der Waals surface area contributed by atoms with E-state index < -0.39 is 0 Å². The number of hydrogen-bond acceptors (Lipinski definition) is 4. The lowest BCUT2D eigenvalue weighted by Gasteiger charge is -2.23. The molecule has 0 bridgehead atoms. The fourth-order valence-electron chi connectivity index (χ4n) is 3.42. The van der Waals surface area contributed by atoms with Gasteiger partial charge in [-0.05, 0) is 12.1 Å². The van der Waals surface area contributed by atoms with Gasteiger partial charge in [0.2, 0.25) is 5.91 Å². The zero-order chi connectivity index (χ0) is 19.3. The van der Waals surface area contributed by atoms with Gasteiger partial charge in [-0.15, -0.1) is 11.3 Å². The minimum Gasteiger partial charge on any atom is -0.370 e. The van der Waals surface area contributed by atoms with E-state index in [1.165, 1.54) is 0 Å². The molecule has 3 heterocycles. The second-order valence-corrected chi connectivity index (χ2v) is 8.28. The van der Waals surface area contributed by atoms with Crippen molar-refractivity contribution in [3.63, 3.8) is 0 Å². The van der Waals surface area contributed by atoms with E-state index in [2.05, 4.69) is 10.3 Å². The molecule has 0 unspecified atom stereocenters. The maximum Gasteiger partial charge on any atom is 0.225 e. The van der Waals surface area contributed by atoms with Crippen LogP contribution in [0, 0.1) is 0 Å². The van der Waals surface area contributed by atoms with E-state index in [4.69, 9.17) is 16.3 Å². The van der Waals surface area contributed by atoms with Crippen LogP contribution >= 0.6 is 22.9 Å². The van der Waals surface area contributed by atoms with Crippen molar-refractivity contribution < 1.29 is 14.4 Å². The van der Waals surface area contributed by atoms with Crippen molar-refractivity contribution in [3.8, 4) is 11.3 Å². The van der Waals surface area contributed by atoms with Crippen LogP contribution in [0.3, 0.4) is 0 Å². The quantitative estimate of drug-likeness (QED) is 0.573. The molecule has 1 aliphatic heterocycles. The summed E-state index contributed by atoms with van der Waals surface area (Å²) < 4.78 is 7.38. The standard InChI is InChI=1S/C20H23ClN4O2S/c21-16-4-2-15(3-5-16)18-13-25-17(14-28-20(25)23-18)12-19(26)22-6-1-7-24-8-10-27-11-9-24/h2-5,13-14H,1,6-12H2,(H,22,26)/p+1. The van der Waals surface area contributed by atoms with Gasteiger partial charge in [-0.25, -0.2) is 4.98 Å². The smallest absolute Gasteiger partial charge is 0.225 e. The van der Waals surface area contributed by atoms with Crippen LogP contribution in [0.25, 0.3) is 16.2 Å². The number of nitrogens with one attached hydrogen (secondary N) is 2. The first kappa shape index (κ1) is 19.4. The third kappa shape index (κ3) is 4.72. The molecule has 1 aromatic carbocycles. The van der Waals surface area contributed by atoms with Crippen molar-refractivity contribution in [3.05, 3.63) is 46.6 Å². The molecule has 0 aliphatic carbocycles. The Morgan fingerprint density at radius 3 is 2.86 bits per heavy atom. The third-order valence-corrected chi connectivity index (χ3v) is 6.13. The van der Waals surface area contributed by atoms with E-state index in [0.29, 0.717) is 11.4 Å². The van der Waals surface area contributed by atoms with Crippen LogP contribution in [-0.2, 0) is 16.0 Å². The number of amides is 1. The lowest BCUT2D eigenvalue weighted by Crippen LogP contribution is -3.14. The van der Waals surface area contributed by atoms with Gasteiger partial charge in [-0.3, -0.25) is 9.20 Å². The molecule has 148 valence electrons. The largest absolute Gasteiger partial charge is 0.370 e. The van der Waals surface area contributed by atoms with Gasteiger partial charge in [0.05, 0.1) is 31.9 Å². The van der Waals surface area contributed by atoms with Crippen molar-refractivity contribution >= 4 is 33.8 Å². The van der Waals surface area contributed by atoms with Gasteiger partial charge in [0.1, 0.15) is 13.1 Å². The number of morpholine rings is 1. The molecule has 3 aromatic rings. The summed E-state index contributed by atoms with van der Waals surface area (Å²) in [6.45, 7) is 5.63. The predicted octanol–water partition coefficient (Wildman–Crippen LogP) is 1.68. The summed E-state index contributed by atoms with van der Waals surface area (Å²) in [4.78, 5) is 19.5. The van der Waals surface area contributed by atoms with Crippen LogP contribution in [0.15, 0.2) is 35.8 Å². The topological polar surface area (TPSA) is 60.1 Å². The Hall–Kier alpha value is -1.93. The molecule has 2 N–H and O–H groups in total. The number of rotatable bonds is 7. The molecule has 1 amide bonds. The Morgan fingerprint density at radius 2 is 2.07 bits per heavy atom. The number of halogens is 1. The molecule has 1 aliphatic rings. The average molecular weight is 420 g/mol. The van der Waals surface area contributed by atoms with E-state index in [1.54, 1.807) is 16.2 Å². The fourth-order valence-corrected chi connectivity index (χ4v) is 4.42. The molecule has 0 spiro atoms. The Morgan fingerprint density at radius 1 is 1.29 bits per heavy atom. The molecule has 1 fully saturated rings. The van der Waals surface area contributed by atoms with Crippen LogP contribution in [0.2, 0.25) is 5.02 Å². The van der Waals surface area contributed by atoms with Crippen molar-refractivity contribution in [1.82, 2.24) is 14.7 Å². The van der Waals surface area contributed by atoms with Gasteiger partial charge in [0.15, 0.2) is 4.96 Å². The normalized spacial score (nSPS) is 15.2. The van der Waals surface area contributed by atoms with Crippen LogP contribution in [-0.4, -0.2) is 54.7 Å². The molecule has 8 heteroatoms. The van der Waals surface area contributed by atoms with E-state index in [9.17, 15) is 4.79 Å². The molecular weight excluding hydrogens is 396 g/mol. The first-order chi connectivity index (χ1) is 13.7. The summed E-state index contributed by atoms with van der Waals surface area (Å²) >= 11 is 7.51.